The van der Waals surface area contributed by atoms with Crippen LogP contribution in [0.5, 0.6) is 0 Å². The Bertz CT molecular complexity index is 105. The van der Waals surface area contributed by atoms with Crippen LogP contribution in [0.2, 0.25) is 0 Å². The number of amides is 1. The van der Waals surface area contributed by atoms with Crippen molar-refractivity contribution in [2.24, 2.45) is 0 Å². The van der Waals surface area contributed by atoms with Gasteiger partial charge in [0.25, 0.3) is 0 Å². The van der Waals surface area contributed by atoms with E-state index < -0.39 is 0 Å². The van der Waals surface area contributed by atoms with Crippen molar-refractivity contribution in [3.8, 4) is 0 Å². The fraction of sp³-hybridized carbons (Fsp3) is 0.833. The first-order valence-corrected chi connectivity index (χ1v) is 3.13. The molecule has 1 N–H and O–H groups in total. The van der Waals surface area contributed by atoms with Gasteiger partial charge in [-0.2, -0.15) is 0 Å². The molecule has 1 aliphatic heterocycles. The number of hydrogen-bond donors (Lipinski definition) is 1. The van der Waals surface area contributed by atoms with Crippen molar-refractivity contribution in [3.63, 3.8) is 0 Å². The van der Waals surface area contributed by atoms with Crippen LogP contribution in [-0.4, -0.2) is 35.6 Å². The van der Waals surface area contributed by atoms with Gasteiger partial charge < -0.3 is 10.0 Å². The standard InChI is InChI=1S/C6H10NO2/c8-4-6-2-1-3-7(6)5-9/h6,8H,1-4H2/t6-/m0/s1. The number of hydrogen-bond acceptors (Lipinski definition) is 2. The molecule has 0 spiro atoms. The summed E-state index contributed by atoms with van der Waals surface area (Å²) < 4.78 is 0. The van der Waals surface area contributed by atoms with Crippen LogP contribution < -0.4 is 0 Å². The molecule has 1 fully saturated rings. The van der Waals surface area contributed by atoms with Gasteiger partial charge in [-0.3, -0.25) is 4.79 Å². The predicted octanol–water partition coefficient (Wildman–Crippen LogP) is -0.490. The third kappa shape index (κ3) is 1.21. The van der Waals surface area contributed by atoms with Crippen molar-refractivity contribution in [1.29, 1.82) is 0 Å². The zero-order valence-electron chi connectivity index (χ0n) is 5.21. The maximum atomic E-state index is 10.1. The van der Waals surface area contributed by atoms with Crippen molar-refractivity contribution in [3.05, 3.63) is 0 Å². The lowest BCUT2D eigenvalue weighted by Gasteiger charge is -2.14. The SMILES string of the molecule is O=[C]N1CCC[C@H]1CO. The number of aliphatic hydroxyl groups excluding tert-OH is 1. The van der Waals surface area contributed by atoms with E-state index in [0.717, 1.165) is 19.4 Å². The zero-order valence-corrected chi connectivity index (χ0v) is 5.21. The molecule has 0 bridgehead atoms. The molecule has 9 heavy (non-hydrogen) atoms. The highest BCUT2D eigenvalue weighted by molar-refractivity contribution is 5.49. The Balaban J connectivity index is 2.41. The fourth-order valence-electron chi connectivity index (χ4n) is 1.15. The zero-order chi connectivity index (χ0) is 6.69. The molecule has 1 aliphatic rings. The van der Waals surface area contributed by atoms with Gasteiger partial charge in [-0.15, -0.1) is 0 Å². The molecule has 3 nitrogen and oxygen atoms in total. The molecule has 0 aromatic rings. The van der Waals surface area contributed by atoms with E-state index in [4.69, 9.17) is 5.11 Å². The summed E-state index contributed by atoms with van der Waals surface area (Å²) in [7, 11) is 0. The molecule has 1 radical (unpaired) electrons. The first-order chi connectivity index (χ1) is 4.38. The minimum atomic E-state index is 0.0440. The first-order valence-electron chi connectivity index (χ1n) is 3.13. The number of aliphatic hydroxyl groups is 1. The molecule has 3 heteroatoms. The third-order valence-corrected chi connectivity index (χ3v) is 1.71. The molecule has 0 unspecified atom stereocenters. The van der Waals surface area contributed by atoms with Crippen molar-refractivity contribution >= 4 is 6.41 Å². The average molecular weight is 128 g/mol. The highest BCUT2D eigenvalue weighted by Gasteiger charge is 2.21. The molecule has 1 amide bonds. The van der Waals surface area contributed by atoms with Gasteiger partial charge in [0.15, 0.2) is 0 Å². The molecule has 0 saturated carbocycles. The van der Waals surface area contributed by atoms with Crippen LogP contribution in [0.3, 0.4) is 0 Å². The van der Waals surface area contributed by atoms with E-state index in [0.29, 0.717) is 0 Å². The van der Waals surface area contributed by atoms with Gasteiger partial charge in [0, 0.05) is 6.54 Å². The van der Waals surface area contributed by atoms with Gasteiger partial charge in [-0.1, -0.05) is 0 Å². The highest BCUT2D eigenvalue weighted by atomic mass is 16.3. The van der Waals surface area contributed by atoms with E-state index in [-0.39, 0.29) is 12.6 Å². The summed E-state index contributed by atoms with van der Waals surface area (Å²) in [5.41, 5.74) is 0. The van der Waals surface area contributed by atoms with Gasteiger partial charge in [-0.25, -0.2) is 0 Å². The van der Waals surface area contributed by atoms with Gasteiger partial charge in [0.2, 0.25) is 0 Å². The summed E-state index contributed by atoms with van der Waals surface area (Å²) >= 11 is 0. The lowest BCUT2D eigenvalue weighted by molar-refractivity contribution is 0.204. The monoisotopic (exact) mass is 128 g/mol. The lowest BCUT2D eigenvalue weighted by Crippen LogP contribution is -2.30. The Kier molecular flexibility index (Phi) is 2.05. The summed E-state index contributed by atoms with van der Waals surface area (Å²) in [6.45, 7) is 0.837. The summed E-state index contributed by atoms with van der Waals surface area (Å²) in [6, 6.07) is 0.0440. The number of carbonyl (C=O) groups excluding carboxylic acids is 1. The lowest BCUT2D eigenvalue weighted by atomic mass is 10.2. The van der Waals surface area contributed by atoms with Gasteiger partial charge in [-0.05, 0) is 12.8 Å². The third-order valence-electron chi connectivity index (χ3n) is 1.71. The van der Waals surface area contributed by atoms with E-state index in [2.05, 4.69) is 0 Å². The Morgan fingerprint density at radius 2 is 2.56 bits per heavy atom. The predicted molar refractivity (Wildman–Crippen MR) is 32.5 cm³/mol. The Hall–Kier alpha value is -0.570. The summed E-state index contributed by atoms with van der Waals surface area (Å²) in [5.74, 6) is 0. The second-order valence-corrected chi connectivity index (χ2v) is 2.26. The second-order valence-electron chi connectivity index (χ2n) is 2.26. The van der Waals surface area contributed by atoms with E-state index in [1.54, 1.807) is 6.41 Å². The van der Waals surface area contributed by atoms with Crippen LogP contribution in [-0.2, 0) is 4.79 Å². The molecular formula is C6H10NO2. The maximum absolute atomic E-state index is 10.1. The number of rotatable bonds is 2. The molecule has 1 saturated heterocycles. The largest absolute Gasteiger partial charge is 0.394 e. The van der Waals surface area contributed by atoms with Crippen molar-refractivity contribution < 1.29 is 9.90 Å². The topological polar surface area (TPSA) is 40.5 Å². The first kappa shape index (κ1) is 6.55. The van der Waals surface area contributed by atoms with E-state index in [1.807, 2.05) is 0 Å². The van der Waals surface area contributed by atoms with Gasteiger partial charge in [0.1, 0.15) is 0 Å². The molecule has 0 aliphatic carbocycles. The van der Waals surface area contributed by atoms with Crippen LogP contribution in [0.1, 0.15) is 12.8 Å². The van der Waals surface area contributed by atoms with Crippen LogP contribution in [0.4, 0.5) is 0 Å². The van der Waals surface area contributed by atoms with E-state index in [9.17, 15) is 4.79 Å². The van der Waals surface area contributed by atoms with Crippen LogP contribution in [0, 0.1) is 0 Å². The maximum Gasteiger partial charge on any atom is 0.312 e. The molecule has 1 atom stereocenters. The van der Waals surface area contributed by atoms with Crippen molar-refractivity contribution in [2.75, 3.05) is 13.2 Å². The Morgan fingerprint density at radius 3 is 3.00 bits per heavy atom. The quantitative estimate of drug-likeness (QED) is 0.545. The molecule has 0 aromatic carbocycles. The molecule has 1 rings (SSSR count). The Morgan fingerprint density at radius 1 is 1.78 bits per heavy atom. The fourth-order valence-corrected chi connectivity index (χ4v) is 1.15. The second kappa shape index (κ2) is 2.82. The molecule has 51 valence electrons. The van der Waals surface area contributed by atoms with Crippen LogP contribution in [0.15, 0.2) is 0 Å². The Labute approximate surface area is 54.3 Å². The van der Waals surface area contributed by atoms with E-state index >= 15 is 0 Å². The van der Waals surface area contributed by atoms with Crippen molar-refractivity contribution in [1.82, 2.24) is 4.90 Å². The summed E-state index contributed by atoms with van der Waals surface area (Å²) in [6.07, 6.45) is 3.71. The number of nitrogens with zero attached hydrogens (tertiary/aromatic N) is 1. The van der Waals surface area contributed by atoms with Crippen LogP contribution >= 0.6 is 0 Å². The summed E-state index contributed by atoms with van der Waals surface area (Å²) in [5, 5.41) is 8.65. The smallest absolute Gasteiger partial charge is 0.312 e. The molecular weight excluding hydrogens is 118 g/mol. The number of likely N-dealkylation sites (tertiary alicyclic amines) is 1. The highest BCUT2D eigenvalue weighted by Crippen LogP contribution is 2.13. The molecule has 1 heterocycles. The summed E-state index contributed by atoms with van der Waals surface area (Å²) in [4.78, 5) is 11.6. The van der Waals surface area contributed by atoms with Crippen LogP contribution in [0.25, 0.3) is 0 Å². The minimum Gasteiger partial charge on any atom is -0.394 e. The molecule has 0 aromatic heterocycles. The van der Waals surface area contributed by atoms with E-state index in [1.165, 1.54) is 4.90 Å². The minimum absolute atomic E-state index is 0.0440. The van der Waals surface area contributed by atoms with Gasteiger partial charge >= 0.3 is 6.41 Å². The average Bonchev–Trinajstić information content (AvgIpc) is 2.33. The normalized spacial score (nSPS) is 26.8. The van der Waals surface area contributed by atoms with Crippen molar-refractivity contribution in [2.45, 2.75) is 18.9 Å². The van der Waals surface area contributed by atoms with Gasteiger partial charge in [0.05, 0.1) is 12.6 Å².